The van der Waals surface area contributed by atoms with Crippen LogP contribution in [-0.2, 0) is 4.74 Å². The van der Waals surface area contributed by atoms with E-state index >= 15 is 0 Å². The summed E-state index contributed by atoms with van der Waals surface area (Å²) >= 11 is 0. The first-order valence-corrected chi connectivity index (χ1v) is 6.32. The summed E-state index contributed by atoms with van der Waals surface area (Å²) in [5.41, 5.74) is 0.191. The first kappa shape index (κ1) is 13.9. The van der Waals surface area contributed by atoms with Crippen LogP contribution in [0.1, 0.15) is 46.5 Å². The molecule has 1 rings (SSSR count). The predicted molar refractivity (Wildman–Crippen MR) is 66.5 cm³/mol. The predicted octanol–water partition coefficient (Wildman–Crippen LogP) is 1.94. The van der Waals surface area contributed by atoms with Gasteiger partial charge in [0.25, 0.3) is 0 Å². The lowest BCUT2D eigenvalue weighted by Crippen LogP contribution is -2.48. The molecule has 0 bridgehead atoms. The van der Waals surface area contributed by atoms with E-state index < -0.39 is 0 Å². The highest BCUT2D eigenvalue weighted by Crippen LogP contribution is 2.36. The average Bonchev–Trinajstić information content (AvgIpc) is 2.27. The Labute approximate surface area is 99.6 Å². The van der Waals surface area contributed by atoms with Crippen molar-refractivity contribution >= 4 is 0 Å². The molecule has 2 N–H and O–H groups in total. The van der Waals surface area contributed by atoms with Crippen molar-refractivity contribution in [3.63, 3.8) is 0 Å². The molecule has 3 heteroatoms. The van der Waals surface area contributed by atoms with Crippen LogP contribution in [0.3, 0.4) is 0 Å². The van der Waals surface area contributed by atoms with Crippen LogP contribution in [0.4, 0.5) is 0 Å². The van der Waals surface area contributed by atoms with Crippen LogP contribution in [0.2, 0.25) is 0 Å². The van der Waals surface area contributed by atoms with Crippen molar-refractivity contribution in [1.29, 1.82) is 0 Å². The fourth-order valence-corrected chi connectivity index (χ4v) is 2.04. The SMILES string of the molecule is CNC(C)(CO)COC1CCC(C)(C)CC1. The molecular weight excluding hydrogens is 202 g/mol. The van der Waals surface area contributed by atoms with Crippen molar-refractivity contribution in [1.82, 2.24) is 5.32 Å². The lowest BCUT2D eigenvalue weighted by atomic mass is 9.76. The molecule has 16 heavy (non-hydrogen) atoms. The van der Waals surface area contributed by atoms with E-state index in [0.717, 1.165) is 12.8 Å². The van der Waals surface area contributed by atoms with Gasteiger partial charge in [-0.05, 0) is 45.1 Å². The van der Waals surface area contributed by atoms with Gasteiger partial charge in [0.1, 0.15) is 0 Å². The third-order valence-corrected chi connectivity index (χ3v) is 3.88. The summed E-state index contributed by atoms with van der Waals surface area (Å²) < 4.78 is 5.90. The largest absolute Gasteiger partial charge is 0.394 e. The summed E-state index contributed by atoms with van der Waals surface area (Å²) in [6, 6.07) is 0. The monoisotopic (exact) mass is 229 g/mol. The maximum atomic E-state index is 9.26. The molecule has 0 amide bonds. The second-order valence-corrected chi connectivity index (χ2v) is 6.14. The van der Waals surface area contributed by atoms with Gasteiger partial charge in [0, 0.05) is 0 Å². The first-order valence-electron chi connectivity index (χ1n) is 6.32. The zero-order valence-electron chi connectivity index (χ0n) is 11.2. The van der Waals surface area contributed by atoms with E-state index in [1.165, 1.54) is 12.8 Å². The van der Waals surface area contributed by atoms with E-state index in [1.807, 2.05) is 14.0 Å². The van der Waals surface area contributed by atoms with Crippen molar-refractivity contribution < 1.29 is 9.84 Å². The van der Waals surface area contributed by atoms with Gasteiger partial charge in [0.2, 0.25) is 0 Å². The summed E-state index contributed by atoms with van der Waals surface area (Å²) in [6.07, 6.45) is 5.17. The van der Waals surface area contributed by atoms with Crippen LogP contribution >= 0.6 is 0 Å². The van der Waals surface area contributed by atoms with Gasteiger partial charge in [0.15, 0.2) is 0 Å². The third kappa shape index (κ3) is 4.04. The minimum Gasteiger partial charge on any atom is -0.394 e. The highest BCUT2D eigenvalue weighted by molar-refractivity contribution is 4.83. The quantitative estimate of drug-likeness (QED) is 0.757. The van der Waals surface area contributed by atoms with E-state index in [-0.39, 0.29) is 12.1 Å². The molecule has 0 radical (unpaired) electrons. The van der Waals surface area contributed by atoms with Gasteiger partial charge in [-0.25, -0.2) is 0 Å². The minimum absolute atomic E-state index is 0.113. The molecule has 1 aliphatic carbocycles. The lowest BCUT2D eigenvalue weighted by Gasteiger charge is -2.36. The Bertz CT molecular complexity index is 202. The van der Waals surface area contributed by atoms with Gasteiger partial charge < -0.3 is 15.2 Å². The second-order valence-electron chi connectivity index (χ2n) is 6.14. The van der Waals surface area contributed by atoms with Crippen LogP contribution in [-0.4, -0.2) is 37.0 Å². The molecular formula is C13H27NO2. The summed E-state index contributed by atoms with van der Waals surface area (Å²) in [5, 5.41) is 12.4. The molecule has 0 saturated heterocycles. The number of likely N-dealkylation sites (N-methyl/N-ethyl adjacent to an activating group) is 1. The molecule has 3 nitrogen and oxygen atoms in total. The van der Waals surface area contributed by atoms with Crippen LogP contribution in [0.15, 0.2) is 0 Å². The summed E-state index contributed by atoms with van der Waals surface area (Å²) in [4.78, 5) is 0. The van der Waals surface area contributed by atoms with Crippen molar-refractivity contribution in [3.05, 3.63) is 0 Å². The van der Waals surface area contributed by atoms with Gasteiger partial charge >= 0.3 is 0 Å². The Kier molecular flexibility index (Phi) is 4.77. The van der Waals surface area contributed by atoms with Gasteiger partial charge in [-0.15, -0.1) is 0 Å². The van der Waals surface area contributed by atoms with E-state index in [0.29, 0.717) is 18.1 Å². The van der Waals surface area contributed by atoms with Gasteiger partial charge in [-0.3, -0.25) is 0 Å². The van der Waals surface area contributed by atoms with Gasteiger partial charge in [-0.1, -0.05) is 13.8 Å². The van der Waals surface area contributed by atoms with Crippen molar-refractivity contribution in [2.24, 2.45) is 5.41 Å². The Balaban J connectivity index is 2.29. The van der Waals surface area contributed by atoms with Crippen LogP contribution < -0.4 is 5.32 Å². The third-order valence-electron chi connectivity index (χ3n) is 3.88. The molecule has 1 saturated carbocycles. The lowest BCUT2D eigenvalue weighted by molar-refractivity contribution is -0.0316. The topological polar surface area (TPSA) is 41.5 Å². The van der Waals surface area contributed by atoms with Gasteiger partial charge in [-0.2, -0.15) is 0 Å². The number of aliphatic hydroxyl groups is 1. The molecule has 1 atom stereocenters. The number of ether oxygens (including phenoxy) is 1. The molecule has 0 heterocycles. The van der Waals surface area contributed by atoms with Crippen LogP contribution in [0.5, 0.6) is 0 Å². The van der Waals surface area contributed by atoms with Crippen molar-refractivity contribution in [3.8, 4) is 0 Å². The number of rotatable bonds is 5. The molecule has 1 unspecified atom stereocenters. The number of aliphatic hydroxyl groups excluding tert-OH is 1. The first-order chi connectivity index (χ1) is 7.41. The van der Waals surface area contributed by atoms with Crippen molar-refractivity contribution in [2.75, 3.05) is 20.3 Å². The summed E-state index contributed by atoms with van der Waals surface area (Å²) in [7, 11) is 1.86. The summed E-state index contributed by atoms with van der Waals surface area (Å²) in [6.45, 7) is 7.34. The Morgan fingerprint density at radius 3 is 2.38 bits per heavy atom. The second kappa shape index (κ2) is 5.48. The highest BCUT2D eigenvalue weighted by atomic mass is 16.5. The maximum Gasteiger partial charge on any atom is 0.0671 e. The Morgan fingerprint density at radius 1 is 1.38 bits per heavy atom. The van der Waals surface area contributed by atoms with Gasteiger partial charge in [0.05, 0.1) is 24.9 Å². The zero-order chi connectivity index (χ0) is 12.2. The van der Waals surface area contributed by atoms with Crippen LogP contribution in [0, 0.1) is 5.41 Å². The fourth-order valence-electron chi connectivity index (χ4n) is 2.04. The molecule has 0 aliphatic heterocycles. The Hall–Kier alpha value is -0.120. The molecule has 1 aliphatic rings. The van der Waals surface area contributed by atoms with Crippen LogP contribution in [0.25, 0.3) is 0 Å². The average molecular weight is 229 g/mol. The van der Waals surface area contributed by atoms with E-state index in [9.17, 15) is 5.11 Å². The molecule has 96 valence electrons. The van der Waals surface area contributed by atoms with E-state index in [4.69, 9.17) is 4.74 Å². The number of hydrogen-bond donors (Lipinski definition) is 2. The number of hydrogen-bond acceptors (Lipinski definition) is 3. The molecule has 0 aromatic rings. The van der Waals surface area contributed by atoms with Crippen molar-refractivity contribution in [2.45, 2.75) is 58.1 Å². The fraction of sp³-hybridized carbons (Fsp3) is 1.00. The molecule has 1 fully saturated rings. The Morgan fingerprint density at radius 2 is 1.94 bits per heavy atom. The molecule has 0 aromatic carbocycles. The van der Waals surface area contributed by atoms with E-state index in [2.05, 4.69) is 19.2 Å². The molecule has 0 aromatic heterocycles. The molecule has 0 spiro atoms. The zero-order valence-corrected chi connectivity index (χ0v) is 11.2. The standard InChI is InChI=1S/C13H27NO2/c1-12(2)7-5-11(6-8-12)16-10-13(3,9-15)14-4/h11,14-15H,5-10H2,1-4H3. The van der Waals surface area contributed by atoms with E-state index in [1.54, 1.807) is 0 Å². The maximum absolute atomic E-state index is 9.26. The highest BCUT2D eigenvalue weighted by Gasteiger charge is 2.29. The summed E-state index contributed by atoms with van der Waals surface area (Å²) in [5.74, 6) is 0. The minimum atomic E-state index is -0.299. The smallest absolute Gasteiger partial charge is 0.0671 e. The number of nitrogens with one attached hydrogen (secondary N) is 1. The normalized spacial score (nSPS) is 25.3.